The molecule has 5 nitrogen and oxygen atoms in total. The molecule has 31 heavy (non-hydrogen) atoms. The molecule has 0 aliphatic carbocycles. The van der Waals surface area contributed by atoms with Crippen LogP contribution in [-0.4, -0.2) is 41.8 Å². The van der Waals surface area contributed by atoms with E-state index in [1.807, 2.05) is 11.2 Å². The van der Waals surface area contributed by atoms with E-state index in [0.717, 1.165) is 4.31 Å². The molecule has 184 valence electrons. The van der Waals surface area contributed by atoms with E-state index in [9.17, 15) is 8.42 Å². The van der Waals surface area contributed by atoms with Crippen LogP contribution in [0.15, 0.2) is 0 Å². The fraction of sp³-hybridized carbons (Fsp3) is 0.739. The van der Waals surface area contributed by atoms with E-state index >= 15 is 0 Å². The van der Waals surface area contributed by atoms with Crippen LogP contribution in [0.1, 0.15) is 92.3 Å². The van der Waals surface area contributed by atoms with E-state index < -0.39 is 22.4 Å². The first-order valence-electron chi connectivity index (χ1n) is 10.8. The summed E-state index contributed by atoms with van der Waals surface area (Å²) in [5, 5.41) is 20.1. The average Bonchev–Trinajstić information content (AvgIpc) is 3.19. The molecule has 0 amide bonds. The molecule has 1 rings (SSSR count). The van der Waals surface area contributed by atoms with E-state index in [2.05, 4.69) is 31.6 Å². The summed E-state index contributed by atoms with van der Waals surface area (Å²) < 4.78 is 24.4. The molecule has 0 aromatic rings. The normalized spacial score (nSPS) is 15.0. The number of aliphatic hydroxyl groups is 2. The van der Waals surface area contributed by atoms with Crippen molar-refractivity contribution in [2.45, 2.75) is 103 Å². The minimum absolute atomic E-state index is 0. The number of terminal acetylenes is 1. The molecular weight excluding hydrogens is 592 g/mol. The van der Waals surface area contributed by atoms with Crippen LogP contribution in [0.4, 0.5) is 0 Å². The standard InChI is InChI=1S/C12H26.C11H11NO4S.2Rh.H2/c1-3-5-7-9-11-12-10-8-6-4-2;1-2-3-4-5-9-17(15,16)12-8-6-7-10(12)11(13)14;;;/h3-12H2,1-2H3;1,10-11,13-14H,6-8H2;;;1H/t;10-;;;/m.0.../s1. The summed E-state index contributed by atoms with van der Waals surface area (Å²) in [5.41, 5.74) is 0. The molecule has 1 heterocycles. The molecule has 1 aliphatic rings. The number of aliphatic hydroxyl groups excluding tert-OH is 1. The van der Waals surface area contributed by atoms with Gasteiger partial charge in [-0.05, 0) is 24.7 Å². The Bertz CT molecular complexity index is 693. The summed E-state index contributed by atoms with van der Waals surface area (Å²) in [7, 11) is -3.85. The van der Waals surface area contributed by atoms with Crippen LogP contribution in [-0.2, 0) is 49.0 Å². The zero-order chi connectivity index (χ0) is 22.0. The van der Waals surface area contributed by atoms with Gasteiger partial charge in [0.2, 0.25) is 0 Å². The molecule has 2 radical (unpaired) electrons. The smallest absolute Gasteiger partial charge is 0.284 e. The van der Waals surface area contributed by atoms with Crippen LogP contribution >= 0.6 is 0 Å². The maximum atomic E-state index is 11.7. The minimum Gasteiger partial charge on any atom is -0.367 e. The van der Waals surface area contributed by atoms with Gasteiger partial charge in [0.25, 0.3) is 10.0 Å². The molecule has 0 saturated carbocycles. The van der Waals surface area contributed by atoms with Crippen molar-refractivity contribution in [3.05, 3.63) is 0 Å². The van der Waals surface area contributed by atoms with Gasteiger partial charge in [-0.25, -0.2) is 0 Å². The Balaban J connectivity index is -0.000000236. The van der Waals surface area contributed by atoms with Crippen molar-refractivity contribution in [2.75, 3.05) is 6.54 Å². The van der Waals surface area contributed by atoms with Gasteiger partial charge in [0, 0.05) is 58.8 Å². The first-order chi connectivity index (χ1) is 13.9. The third-order valence-corrected chi connectivity index (χ3v) is 6.17. The fourth-order valence-corrected chi connectivity index (χ4v) is 4.38. The van der Waals surface area contributed by atoms with Gasteiger partial charge in [-0.15, -0.1) is 6.42 Å². The van der Waals surface area contributed by atoms with Gasteiger partial charge in [-0.2, -0.15) is 12.7 Å². The molecule has 0 unspecified atom stereocenters. The van der Waals surface area contributed by atoms with E-state index in [1.54, 1.807) is 0 Å². The third-order valence-electron chi connectivity index (χ3n) is 4.74. The van der Waals surface area contributed by atoms with Crippen LogP contribution in [0.5, 0.6) is 0 Å². The Kier molecular flexibility index (Phi) is 26.2. The summed E-state index contributed by atoms with van der Waals surface area (Å²) >= 11 is 0. The summed E-state index contributed by atoms with van der Waals surface area (Å²) in [6, 6.07) is -0.838. The molecule has 0 aromatic heterocycles. The van der Waals surface area contributed by atoms with Crippen LogP contribution in [0.3, 0.4) is 0 Å². The SMILES string of the molecule is C#CC#CC#CS(=O)(=O)N1CCC[C@H]1C(O)O.CCCCCCCCCCCC.[HH].[Rh].[Rh]. The van der Waals surface area contributed by atoms with Crippen molar-refractivity contribution in [3.63, 3.8) is 0 Å². The van der Waals surface area contributed by atoms with Gasteiger partial charge in [-0.1, -0.05) is 78.1 Å². The molecule has 1 aliphatic heterocycles. The number of sulfonamides is 1. The molecule has 8 heteroatoms. The topological polar surface area (TPSA) is 77.8 Å². The van der Waals surface area contributed by atoms with E-state index in [0.29, 0.717) is 12.8 Å². The van der Waals surface area contributed by atoms with E-state index in [4.69, 9.17) is 16.6 Å². The minimum atomic E-state index is -3.85. The molecule has 1 saturated heterocycles. The maximum absolute atomic E-state index is 11.7. The van der Waals surface area contributed by atoms with Crippen LogP contribution < -0.4 is 0 Å². The van der Waals surface area contributed by atoms with Crippen molar-refractivity contribution < 1.29 is 59.0 Å². The van der Waals surface area contributed by atoms with Crippen molar-refractivity contribution in [2.24, 2.45) is 0 Å². The Labute approximate surface area is 217 Å². The van der Waals surface area contributed by atoms with Gasteiger partial charge < -0.3 is 10.2 Å². The Morgan fingerprint density at radius 2 is 1.42 bits per heavy atom. The molecule has 1 atom stereocenters. The number of hydrogen-bond acceptors (Lipinski definition) is 4. The predicted octanol–water partition coefficient (Wildman–Crippen LogP) is 3.86. The van der Waals surface area contributed by atoms with Crippen LogP contribution in [0.25, 0.3) is 0 Å². The van der Waals surface area contributed by atoms with Gasteiger partial charge in [-0.3, -0.25) is 0 Å². The third kappa shape index (κ3) is 17.9. The van der Waals surface area contributed by atoms with E-state index in [1.165, 1.54) is 64.2 Å². The fourth-order valence-electron chi connectivity index (χ4n) is 3.14. The summed E-state index contributed by atoms with van der Waals surface area (Å²) in [6.07, 6.45) is 18.6. The first-order valence-corrected chi connectivity index (χ1v) is 12.2. The summed E-state index contributed by atoms with van der Waals surface area (Å²) in [5.74, 6) is 8.46. The second-order valence-corrected chi connectivity index (χ2v) is 8.81. The van der Waals surface area contributed by atoms with Crippen LogP contribution in [0, 0.1) is 35.4 Å². The Morgan fingerprint density at radius 1 is 0.935 bits per heavy atom. The van der Waals surface area contributed by atoms with Crippen molar-refractivity contribution >= 4 is 10.0 Å². The average molecular weight is 631 g/mol. The molecule has 2 N–H and O–H groups in total. The molecule has 0 spiro atoms. The number of nitrogens with zero attached hydrogens (tertiary/aromatic N) is 1. The van der Waals surface area contributed by atoms with E-state index in [-0.39, 0.29) is 46.9 Å². The van der Waals surface area contributed by atoms with Crippen molar-refractivity contribution in [1.29, 1.82) is 0 Å². The Hall–Kier alpha value is -0.243. The second-order valence-electron chi connectivity index (χ2n) is 7.19. The van der Waals surface area contributed by atoms with Crippen LogP contribution in [0.2, 0.25) is 0 Å². The Morgan fingerprint density at radius 3 is 1.84 bits per heavy atom. The van der Waals surface area contributed by atoms with Gasteiger partial charge in [0.05, 0.1) is 11.3 Å². The second kappa shape index (κ2) is 22.9. The summed E-state index contributed by atoms with van der Waals surface area (Å²) in [4.78, 5) is 0. The monoisotopic (exact) mass is 631 g/mol. The molecular formula is C23H39NO4Rh2S. The predicted molar refractivity (Wildman–Crippen MR) is 121 cm³/mol. The largest absolute Gasteiger partial charge is 0.367 e. The quantitative estimate of drug-likeness (QED) is 0.157. The number of hydrogen-bond donors (Lipinski definition) is 2. The van der Waals surface area contributed by atoms with Gasteiger partial charge >= 0.3 is 0 Å². The summed E-state index contributed by atoms with van der Waals surface area (Å²) in [6.45, 7) is 4.78. The zero-order valence-electron chi connectivity index (χ0n) is 18.7. The molecule has 1 fully saturated rings. The van der Waals surface area contributed by atoms with Crippen molar-refractivity contribution in [1.82, 2.24) is 4.31 Å². The van der Waals surface area contributed by atoms with Gasteiger partial charge in [0.15, 0.2) is 6.29 Å². The van der Waals surface area contributed by atoms with Crippen molar-refractivity contribution in [3.8, 4) is 35.4 Å². The zero-order valence-corrected chi connectivity index (χ0v) is 22.8. The first kappa shape index (κ1) is 35.3. The number of unbranched alkanes of at least 4 members (excludes halogenated alkanes) is 9. The molecule has 0 bridgehead atoms. The molecule has 0 aromatic carbocycles. The maximum Gasteiger partial charge on any atom is 0.284 e. The number of rotatable bonds is 11. The van der Waals surface area contributed by atoms with Gasteiger partial charge in [0.1, 0.15) is 0 Å².